The standard InChI is InChI=1S/C15H14FNO3S/c1-9-7-15(13(10(2)18)8-14(9)16)21-12-5-3-11(4-6-12)17(19)20/h3-8,10,18H,1-2H3/t10-/m1/s1. The minimum absolute atomic E-state index is 0.0189. The van der Waals surface area contributed by atoms with Gasteiger partial charge in [0.25, 0.3) is 5.69 Å². The summed E-state index contributed by atoms with van der Waals surface area (Å²) < 4.78 is 13.6. The molecule has 21 heavy (non-hydrogen) atoms. The van der Waals surface area contributed by atoms with Gasteiger partial charge in [0.05, 0.1) is 11.0 Å². The SMILES string of the molecule is Cc1cc(Sc2ccc([N+](=O)[O-])cc2)c([C@@H](C)O)cc1F. The van der Waals surface area contributed by atoms with Crippen molar-refractivity contribution >= 4 is 17.4 Å². The van der Waals surface area contributed by atoms with E-state index in [0.29, 0.717) is 11.1 Å². The van der Waals surface area contributed by atoms with E-state index in [1.807, 2.05) is 0 Å². The summed E-state index contributed by atoms with van der Waals surface area (Å²) in [5, 5.41) is 20.4. The Bertz CT molecular complexity index is 671. The second-order valence-electron chi connectivity index (χ2n) is 4.67. The molecular weight excluding hydrogens is 293 g/mol. The maximum Gasteiger partial charge on any atom is 0.269 e. The third-order valence-electron chi connectivity index (χ3n) is 3.02. The van der Waals surface area contributed by atoms with E-state index in [-0.39, 0.29) is 11.5 Å². The first kappa shape index (κ1) is 15.5. The number of aliphatic hydroxyl groups excluding tert-OH is 1. The lowest BCUT2D eigenvalue weighted by molar-refractivity contribution is -0.384. The number of rotatable bonds is 4. The average Bonchev–Trinajstić information content (AvgIpc) is 2.43. The first-order valence-corrected chi connectivity index (χ1v) is 7.10. The summed E-state index contributed by atoms with van der Waals surface area (Å²) in [6.45, 7) is 3.23. The molecule has 0 amide bonds. The highest BCUT2D eigenvalue weighted by atomic mass is 32.2. The van der Waals surface area contributed by atoms with Gasteiger partial charge in [-0.25, -0.2) is 4.39 Å². The van der Waals surface area contributed by atoms with Gasteiger partial charge in [0.1, 0.15) is 5.82 Å². The lowest BCUT2D eigenvalue weighted by Crippen LogP contribution is -1.97. The number of hydrogen-bond donors (Lipinski definition) is 1. The molecule has 0 aliphatic rings. The molecule has 0 aliphatic heterocycles. The van der Waals surface area contributed by atoms with Crippen LogP contribution in [0.25, 0.3) is 0 Å². The lowest BCUT2D eigenvalue weighted by atomic mass is 10.1. The second kappa shape index (κ2) is 6.24. The average molecular weight is 307 g/mol. The van der Waals surface area contributed by atoms with Crippen LogP contribution in [0.3, 0.4) is 0 Å². The van der Waals surface area contributed by atoms with Crippen molar-refractivity contribution in [2.24, 2.45) is 0 Å². The van der Waals surface area contributed by atoms with Gasteiger partial charge in [0.15, 0.2) is 0 Å². The molecule has 110 valence electrons. The quantitative estimate of drug-likeness (QED) is 0.677. The molecule has 4 nitrogen and oxygen atoms in total. The monoisotopic (exact) mass is 307 g/mol. The van der Waals surface area contributed by atoms with Crippen molar-refractivity contribution in [3.8, 4) is 0 Å². The van der Waals surface area contributed by atoms with Crippen molar-refractivity contribution < 1.29 is 14.4 Å². The number of aliphatic hydroxyl groups is 1. The second-order valence-corrected chi connectivity index (χ2v) is 5.78. The zero-order valence-corrected chi connectivity index (χ0v) is 12.4. The lowest BCUT2D eigenvalue weighted by Gasteiger charge is -2.13. The van der Waals surface area contributed by atoms with E-state index in [1.54, 1.807) is 32.0 Å². The van der Waals surface area contributed by atoms with Crippen LogP contribution in [0, 0.1) is 22.9 Å². The first-order chi connectivity index (χ1) is 9.88. The molecule has 0 aromatic heterocycles. The van der Waals surface area contributed by atoms with Gasteiger partial charge in [-0.3, -0.25) is 10.1 Å². The third kappa shape index (κ3) is 3.59. The van der Waals surface area contributed by atoms with Crippen molar-refractivity contribution in [1.29, 1.82) is 0 Å². The molecule has 1 N–H and O–H groups in total. The highest BCUT2D eigenvalue weighted by molar-refractivity contribution is 7.99. The maximum absolute atomic E-state index is 13.6. The van der Waals surface area contributed by atoms with Crippen LogP contribution in [-0.4, -0.2) is 10.0 Å². The summed E-state index contributed by atoms with van der Waals surface area (Å²) in [6.07, 6.45) is -0.791. The van der Waals surface area contributed by atoms with Crippen LogP contribution < -0.4 is 0 Å². The third-order valence-corrected chi connectivity index (χ3v) is 4.10. The van der Waals surface area contributed by atoms with E-state index >= 15 is 0 Å². The summed E-state index contributed by atoms with van der Waals surface area (Å²) in [5.74, 6) is -0.362. The minimum Gasteiger partial charge on any atom is -0.389 e. The van der Waals surface area contributed by atoms with Crippen LogP contribution in [0.15, 0.2) is 46.2 Å². The van der Waals surface area contributed by atoms with Crippen LogP contribution in [-0.2, 0) is 0 Å². The van der Waals surface area contributed by atoms with Crippen LogP contribution in [0.1, 0.15) is 24.2 Å². The first-order valence-electron chi connectivity index (χ1n) is 6.29. The van der Waals surface area contributed by atoms with E-state index in [9.17, 15) is 19.6 Å². The summed E-state index contributed by atoms with van der Waals surface area (Å²) in [6, 6.07) is 9.10. The topological polar surface area (TPSA) is 63.4 Å². The molecule has 0 radical (unpaired) electrons. The normalized spacial score (nSPS) is 12.2. The van der Waals surface area contributed by atoms with E-state index in [0.717, 1.165) is 9.79 Å². The fourth-order valence-corrected chi connectivity index (χ4v) is 2.96. The number of aryl methyl sites for hydroxylation is 1. The highest BCUT2D eigenvalue weighted by Gasteiger charge is 2.13. The molecule has 2 aromatic carbocycles. The predicted molar refractivity (Wildman–Crippen MR) is 79.0 cm³/mol. The molecule has 0 saturated heterocycles. The molecule has 6 heteroatoms. The summed E-state index contributed by atoms with van der Waals surface area (Å²) >= 11 is 1.34. The number of benzene rings is 2. The summed E-state index contributed by atoms with van der Waals surface area (Å²) in [5.41, 5.74) is 1.01. The molecule has 2 aromatic rings. The Morgan fingerprint density at radius 2 is 1.90 bits per heavy atom. The number of non-ortho nitro benzene ring substituents is 1. The minimum atomic E-state index is -0.791. The predicted octanol–water partition coefficient (Wildman–Crippen LogP) is 4.25. The van der Waals surface area contributed by atoms with Crippen LogP contribution >= 0.6 is 11.8 Å². The number of hydrogen-bond acceptors (Lipinski definition) is 4. The van der Waals surface area contributed by atoms with Crippen molar-refractivity contribution in [3.63, 3.8) is 0 Å². The van der Waals surface area contributed by atoms with E-state index in [4.69, 9.17) is 0 Å². The van der Waals surface area contributed by atoms with Crippen molar-refractivity contribution in [2.45, 2.75) is 29.7 Å². The van der Waals surface area contributed by atoms with Gasteiger partial charge in [-0.1, -0.05) is 11.8 Å². The Morgan fingerprint density at radius 1 is 1.29 bits per heavy atom. The van der Waals surface area contributed by atoms with Crippen LogP contribution in [0.2, 0.25) is 0 Å². The molecule has 0 heterocycles. The number of halogens is 1. The molecule has 0 spiro atoms. The van der Waals surface area contributed by atoms with E-state index < -0.39 is 11.0 Å². The van der Waals surface area contributed by atoms with Crippen molar-refractivity contribution in [3.05, 3.63) is 63.5 Å². The van der Waals surface area contributed by atoms with Crippen molar-refractivity contribution in [1.82, 2.24) is 0 Å². The largest absolute Gasteiger partial charge is 0.389 e. The number of nitrogens with zero attached hydrogens (tertiary/aromatic N) is 1. The highest BCUT2D eigenvalue weighted by Crippen LogP contribution is 2.35. The Morgan fingerprint density at radius 3 is 2.43 bits per heavy atom. The van der Waals surface area contributed by atoms with Gasteiger partial charge in [-0.15, -0.1) is 0 Å². The Hall–Kier alpha value is -1.92. The van der Waals surface area contributed by atoms with Crippen molar-refractivity contribution in [2.75, 3.05) is 0 Å². The Labute approximate surface area is 125 Å². The zero-order valence-electron chi connectivity index (χ0n) is 11.5. The van der Waals surface area contributed by atoms with Gasteiger partial charge >= 0.3 is 0 Å². The summed E-state index contributed by atoms with van der Waals surface area (Å²) in [7, 11) is 0. The van der Waals surface area contributed by atoms with Gasteiger partial charge in [-0.2, -0.15) is 0 Å². The Balaban J connectivity index is 2.34. The van der Waals surface area contributed by atoms with Gasteiger partial charge in [0, 0.05) is 21.9 Å². The van der Waals surface area contributed by atoms with Gasteiger partial charge in [0.2, 0.25) is 0 Å². The van der Waals surface area contributed by atoms with Gasteiger partial charge < -0.3 is 5.11 Å². The smallest absolute Gasteiger partial charge is 0.269 e. The Kier molecular flexibility index (Phi) is 4.59. The molecule has 0 fully saturated rings. The van der Waals surface area contributed by atoms with Gasteiger partial charge in [-0.05, 0) is 49.2 Å². The van der Waals surface area contributed by atoms with Crippen LogP contribution in [0.5, 0.6) is 0 Å². The van der Waals surface area contributed by atoms with Crippen LogP contribution in [0.4, 0.5) is 10.1 Å². The van der Waals surface area contributed by atoms with E-state index in [2.05, 4.69) is 0 Å². The summed E-state index contributed by atoms with van der Waals surface area (Å²) in [4.78, 5) is 11.7. The molecule has 0 saturated carbocycles. The fourth-order valence-electron chi connectivity index (χ4n) is 1.85. The zero-order chi connectivity index (χ0) is 15.6. The van der Waals surface area contributed by atoms with E-state index in [1.165, 1.54) is 30.0 Å². The molecule has 0 aliphatic carbocycles. The maximum atomic E-state index is 13.6. The molecule has 0 bridgehead atoms. The number of nitro benzene ring substituents is 1. The molecular formula is C15H14FNO3S. The fraction of sp³-hybridized carbons (Fsp3) is 0.200. The molecule has 0 unspecified atom stereocenters. The molecule has 1 atom stereocenters. The number of nitro groups is 1. The molecule has 2 rings (SSSR count).